The first-order valence-corrected chi connectivity index (χ1v) is 11.2. The van der Waals surface area contributed by atoms with Crippen LogP contribution in [0, 0.1) is 5.41 Å². The Morgan fingerprint density at radius 1 is 1.08 bits per heavy atom. The molecule has 0 N–H and O–H groups in total. The van der Waals surface area contributed by atoms with Gasteiger partial charge >= 0.3 is 0 Å². The van der Waals surface area contributed by atoms with Crippen LogP contribution >= 0.6 is 11.3 Å². The van der Waals surface area contributed by atoms with Gasteiger partial charge in [0.1, 0.15) is 4.70 Å². The van der Waals surface area contributed by atoms with E-state index >= 15 is 0 Å². The van der Waals surface area contributed by atoms with E-state index in [2.05, 4.69) is 32.8 Å². The molecule has 4 heteroatoms. The van der Waals surface area contributed by atoms with Crippen LogP contribution in [0.25, 0.3) is 10.1 Å². The number of fused-ring (bicyclic) bond motifs is 3. The van der Waals surface area contributed by atoms with Crippen LogP contribution in [0.4, 0.5) is 0 Å². The lowest BCUT2D eigenvalue weighted by Crippen LogP contribution is -2.18. The average Bonchev–Trinajstić information content (AvgIpc) is 3.10. The van der Waals surface area contributed by atoms with Crippen molar-refractivity contribution in [2.75, 3.05) is 0 Å². The Hall–Kier alpha value is -1.16. The standard InChI is InChI=1S/C12H14N2OS.C8H18.C2H6/c1-12(2)4-7-8-6-13-14(3)11(15)10(8)16-9(7)5-12;1-3-5-7-8-6-4-2;1-2/h6H,4-5H2,1-3H3;3-8H2,1-2H3;1-2H3. The third-order valence-electron chi connectivity index (χ3n) is 4.73. The molecule has 3 nitrogen and oxygen atoms in total. The lowest BCUT2D eigenvalue weighted by molar-refractivity contribution is 0.394. The van der Waals surface area contributed by atoms with Crippen LogP contribution in [0.1, 0.15) is 90.5 Å². The maximum atomic E-state index is 11.9. The van der Waals surface area contributed by atoms with Gasteiger partial charge in [-0.1, -0.05) is 80.1 Å². The van der Waals surface area contributed by atoms with Gasteiger partial charge in [0.05, 0.1) is 6.20 Å². The SMILES string of the molecule is CC.CCCCCCCC.Cn1ncc2c3c(sc2c1=O)CC(C)(C)C3. The van der Waals surface area contributed by atoms with Gasteiger partial charge in [0.2, 0.25) is 0 Å². The fourth-order valence-electron chi connectivity index (χ4n) is 3.33. The highest BCUT2D eigenvalue weighted by Gasteiger charge is 2.32. The second kappa shape index (κ2) is 10.9. The number of hydrogen-bond acceptors (Lipinski definition) is 3. The third kappa shape index (κ3) is 5.94. The molecule has 2 heterocycles. The molecule has 0 aliphatic heterocycles. The summed E-state index contributed by atoms with van der Waals surface area (Å²) in [5.41, 5.74) is 1.74. The number of hydrogen-bond donors (Lipinski definition) is 0. The van der Waals surface area contributed by atoms with Crippen LogP contribution in [-0.2, 0) is 19.9 Å². The summed E-state index contributed by atoms with van der Waals surface area (Å²) in [5.74, 6) is 0. The van der Waals surface area contributed by atoms with Crippen LogP contribution in [0.3, 0.4) is 0 Å². The Kier molecular flexibility index (Phi) is 9.56. The van der Waals surface area contributed by atoms with Crippen LogP contribution in [-0.4, -0.2) is 9.78 Å². The lowest BCUT2D eigenvalue weighted by Gasteiger charge is -2.15. The highest BCUT2D eigenvalue weighted by Crippen LogP contribution is 2.43. The summed E-state index contributed by atoms with van der Waals surface area (Å²) in [4.78, 5) is 13.3. The molecular formula is C22H38N2OS. The van der Waals surface area contributed by atoms with Crippen LogP contribution < -0.4 is 5.56 Å². The predicted octanol–water partition coefficient (Wildman–Crippen LogP) is 6.51. The van der Waals surface area contributed by atoms with E-state index in [0.29, 0.717) is 5.41 Å². The van der Waals surface area contributed by atoms with E-state index in [0.717, 1.165) is 22.9 Å². The fourth-order valence-corrected chi connectivity index (χ4v) is 4.85. The molecule has 148 valence electrons. The Labute approximate surface area is 163 Å². The van der Waals surface area contributed by atoms with Gasteiger partial charge in [0.25, 0.3) is 5.56 Å². The molecule has 2 aromatic rings. The van der Waals surface area contributed by atoms with Gasteiger partial charge < -0.3 is 0 Å². The van der Waals surface area contributed by atoms with Crippen LogP contribution in [0.2, 0.25) is 0 Å². The summed E-state index contributed by atoms with van der Waals surface area (Å²) >= 11 is 1.66. The second-order valence-electron chi connectivity index (χ2n) is 7.75. The zero-order valence-electron chi connectivity index (χ0n) is 17.9. The van der Waals surface area contributed by atoms with E-state index in [9.17, 15) is 4.79 Å². The van der Waals surface area contributed by atoms with Gasteiger partial charge in [-0.2, -0.15) is 5.10 Å². The predicted molar refractivity (Wildman–Crippen MR) is 116 cm³/mol. The zero-order valence-corrected chi connectivity index (χ0v) is 18.8. The van der Waals surface area contributed by atoms with Gasteiger partial charge in [0.15, 0.2) is 0 Å². The van der Waals surface area contributed by atoms with Gasteiger partial charge in [-0.25, -0.2) is 4.68 Å². The molecule has 0 saturated carbocycles. The first kappa shape index (κ1) is 22.9. The van der Waals surface area contributed by atoms with Crippen molar-refractivity contribution < 1.29 is 0 Å². The first-order valence-electron chi connectivity index (χ1n) is 10.4. The molecular weight excluding hydrogens is 340 g/mol. The highest BCUT2D eigenvalue weighted by atomic mass is 32.1. The van der Waals surface area contributed by atoms with Crippen molar-refractivity contribution >= 4 is 21.4 Å². The van der Waals surface area contributed by atoms with E-state index < -0.39 is 0 Å². The summed E-state index contributed by atoms with van der Waals surface area (Å²) in [6, 6.07) is 0. The molecule has 0 fully saturated rings. The molecule has 0 bridgehead atoms. The smallest absolute Gasteiger partial charge is 0.266 e. The van der Waals surface area contributed by atoms with Gasteiger partial charge in [-0.05, 0) is 23.8 Å². The van der Waals surface area contributed by atoms with Gasteiger partial charge in [0, 0.05) is 17.3 Å². The second-order valence-corrected chi connectivity index (χ2v) is 8.86. The van der Waals surface area contributed by atoms with Crippen molar-refractivity contribution in [3.05, 3.63) is 27.0 Å². The quantitative estimate of drug-likeness (QED) is 0.556. The Balaban J connectivity index is 0.000000290. The van der Waals surface area contributed by atoms with E-state index in [1.54, 1.807) is 18.4 Å². The molecule has 0 saturated heterocycles. The van der Waals surface area contributed by atoms with Gasteiger partial charge in [-0.15, -0.1) is 11.3 Å². The monoisotopic (exact) mass is 378 g/mol. The minimum absolute atomic E-state index is 0.0368. The number of rotatable bonds is 5. The summed E-state index contributed by atoms with van der Waals surface area (Å²) in [6.07, 6.45) is 12.5. The minimum atomic E-state index is 0.0368. The molecule has 1 aliphatic rings. The van der Waals surface area contributed by atoms with Crippen molar-refractivity contribution in [3.63, 3.8) is 0 Å². The normalized spacial score (nSPS) is 14.3. The lowest BCUT2D eigenvalue weighted by atomic mass is 9.90. The minimum Gasteiger partial charge on any atom is -0.266 e. The van der Waals surface area contributed by atoms with Crippen molar-refractivity contribution in [2.45, 2.75) is 92.9 Å². The summed E-state index contributed by atoms with van der Waals surface area (Å²) in [6.45, 7) is 13.1. The van der Waals surface area contributed by atoms with E-state index in [1.807, 2.05) is 20.0 Å². The van der Waals surface area contributed by atoms with Crippen LogP contribution in [0.15, 0.2) is 11.0 Å². The third-order valence-corrected chi connectivity index (χ3v) is 5.97. The summed E-state index contributed by atoms with van der Waals surface area (Å²) < 4.78 is 2.29. The number of aryl methyl sites for hydroxylation is 1. The van der Waals surface area contributed by atoms with Gasteiger partial charge in [-0.3, -0.25) is 4.79 Å². The fraction of sp³-hybridized carbons (Fsp3) is 0.727. The highest BCUT2D eigenvalue weighted by molar-refractivity contribution is 7.19. The Bertz CT molecular complexity index is 722. The van der Waals surface area contributed by atoms with E-state index in [4.69, 9.17) is 0 Å². The molecule has 26 heavy (non-hydrogen) atoms. The van der Waals surface area contributed by atoms with Crippen molar-refractivity contribution in [3.8, 4) is 0 Å². The number of unbranched alkanes of at least 4 members (excludes halogenated alkanes) is 5. The molecule has 3 rings (SSSR count). The zero-order chi connectivity index (χ0) is 19.7. The van der Waals surface area contributed by atoms with Crippen molar-refractivity contribution in [1.82, 2.24) is 9.78 Å². The number of nitrogens with zero attached hydrogens (tertiary/aromatic N) is 2. The number of thiophene rings is 1. The first-order chi connectivity index (χ1) is 12.4. The van der Waals surface area contributed by atoms with E-state index in [1.165, 1.54) is 53.6 Å². The molecule has 0 amide bonds. The topological polar surface area (TPSA) is 34.9 Å². The Morgan fingerprint density at radius 3 is 2.19 bits per heavy atom. The van der Waals surface area contributed by atoms with E-state index in [-0.39, 0.29) is 5.56 Å². The maximum absolute atomic E-state index is 11.9. The average molecular weight is 379 g/mol. The molecule has 0 atom stereocenters. The molecule has 0 unspecified atom stereocenters. The summed E-state index contributed by atoms with van der Waals surface area (Å²) in [7, 11) is 1.70. The summed E-state index contributed by atoms with van der Waals surface area (Å²) in [5, 5.41) is 5.19. The molecule has 0 aromatic carbocycles. The largest absolute Gasteiger partial charge is 0.284 e. The Morgan fingerprint density at radius 2 is 1.65 bits per heavy atom. The molecule has 0 spiro atoms. The van der Waals surface area contributed by atoms with Crippen molar-refractivity contribution in [1.29, 1.82) is 0 Å². The number of aromatic nitrogens is 2. The molecule has 1 aliphatic carbocycles. The molecule has 2 aromatic heterocycles. The van der Waals surface area contributed by atoms with Crippen LogP contribution in [0.5, 0.6) is 0 Å². The maximum Gasteiger partial charge on any atom is 0.284 e. The molecule has 0 radical (unpaired) electrons. The van der Waals surface area contributed by atoms with Crippen molar-refractivity contribution in [2.24, 2.45) is 12.5 Å².